The number of halogens is 1. The largest absolute Gasteiger partial charge is 0.384 e. The number of pyridine rings is 1. The van der Waals surface area contributed by atoms with E-state index in [9.17, 15) is 9.59 Å². The maximum absolute atomic E-state index is 13.4. The van der Waals surface area contributed by atoms with Crippen molar-refractivity contribution in [2.24, 2.45) is 11.7 Å². The minimum atomic E-state index is -0.382. The normalized spacial score (nSPS) is 15.3. The highest BCUT2D eigenvalue weighted by atomic mass is 35.5. The summed E-state index contributed by atoms with van der Waals surface area (Å²) < 4.78 is 1.69. The Morgan fingerprint density at radius 2 is 1.87 bits per heavy atom. The second kappa shape index (κ2) is 10.9. The van der Waals surface area contributed by atoms with E-state index in [1.807, 2.05) is 60.7 Å². The average molecular weight is 530 g/mol. The number of likely N-dealkylation sites (tertiary alicyclic amines) is 1. The number of anilines is 2. The van der Waals surface area contributed by atoms with Crippen molar-refractivity contribution in [3.8, 4) is 16.9 Å². The molecule has 1 fully saturated rings. The molecule has 0 bridgehead atoms. The van der Waals surface area contributed by atoms with Crippen molar-refractivity contribution in [3.05, 3.63) is 89.1 Å². The lowest BCUT2D eigenvalue weighted by molar-refractivity contribution is -0.123. The molecule has 38 heavy (non-hydrogen) atoms. The standard InChI is InChI=1S/C28H28ClN7O2/c29-22-12-11-18(23-9-4-10-25(30)33-23)14-20(22)16-32-26-15-24(34-36(26)21-7-2-1-3-8-21)28(38)35-13-5-6-19(17-35)27(31)37/h1-4,7-12,14-15,19,32H,5-6,13,16-17H2,(H2,30,33)(H2,31,37)/t19-/m0/s1. The zero-order valence-electron chi connectivity index (χ0n) is 20.7. The van der Waals surface area contributed by atoms with Crippen molar-refractivity contribution in [2.75, 3.05) is 24.1 Å². The van der Waals surface area contributed by atoms with E-state index in [0.717, 1.165) is 28.9 Å². The van der Waals surface area contributed by atoms with Crippen LogP contribution in [0, 0.1) is 5.92 Å². The Balaban J connectivity index is 1.42. The predicted molar refractivity (Wildman–Crippen MR) is 148 cm³/mol. The zero-order valence-corrected chi connectivity index (χ0v) is 21.4. The molecule has 5 N–H and O–H groups in total. The molecule has 2 amide bonds. The lowest BCUT2D eigenvalue weighted by Crippen LogP contribution is -2.44. The molecule has 5 rings (SSSR count). The number of hydrogen-bond acceptors (Lipinski definition) is 6. The summed E-state index contributed by atoms with van der Waals surface area (Å²) in [5.74, 6) is 0.113. The molecule has 9 nitrogen and oxygen atoms in total. The van der Waals surface area contributed by atoms with Crippen molar-refractivity contribution in [1.82, 2.24) is 19.7 Å². The zero-order chi connectivity index (χ0) is 26.6. The summed E-state index contributed by atoms with van der Waals surface area (Å²) in [4.78, 5) is 31.1. The van der Waals surface area contributed by atoms with Gasteiger partial charge in [0.25, 0.3) is 5.91 Å². The number of nitrogens with zero attached hydrogens (tertiary/aromatic N) is 4. The summed E-state index contributed by atoms with van der Waals surface area (Å²) in [6, 6.07) is 22.5. The Hall–Kier alpha value is -4.37. The first-order valence-electron chi connectivity index (χ1n) is 12.4. The first-order chi connectivity index (χ1) is 18.4. The van der Waals surface area contributed by atoms with Crippen LogP contribution in [0.3, 0.4) is 0 Å². The van der Waals surface area contributed by atoms with E-state index in [-0.39, 0.29) is 23.4 Å². The Morgan fingerprint density at radius 1 is 1.05 bits per heavy atom. The number of benzene rings is 2. The Kier molecular flexibility index (Phi) is 7.28. The van der Waals surface area contributed by atoms with Gasteiger partial charge in [0.05, 0.1) is 17.3 Å². The minimum Gasteiger partial charge on any atom is -0.384 e. The molecule has 1 atom stereocenters. The van der Waals surface area contributed by atoms with Crippen LogP contribution in [-0.4, -0.2) is 44.6 Å². The lowest BCUT2D eigenvalue weighted by atomic mass is 9.97. The fourth-order valence-corrected chi connectivity index (χ4v) is 4.79. The third kappa shape index (κ3) is 5.47. The molecule has 0 spiro atoms. The van der Waals surface area contributed by atoms with E-state index in [1.54, 1.807) is 21.7 Å². The molecule has 0 radical (unpaired) electrons. The molecule has 3 heterocycles. The van der Waals surface area contributed by atoms with Gasteiger partial charge in [-0.15, -0.1) is 0 Å². The quantitative estimate of drug-likeness (QED) is 0.330. The van der Waals surface area contributed by atoms with Crippen LogP contribution in [0.2, 0.25) is 5.02 Å². The van der Waals surface area contributed by atoms with E-state index < -0.39 is 0 Å². The first-order valence-corrected chi connectivity index (χ1v) is 12.8. The Bertz CT molecular complexity index is 1470. The van der Waals surface area contributed by atoms with Crippen LogP contribution >= 0.6 is 11.6 Å². The van der Waals surface area contributed by atoms with Gasteiger partial charge in [0.15, 0.2) is 5.69 Å². The molecule has 0 unspecified atom stereocenters. The monoisotopic (exact) mass is 529 g/mol. The number of carbonyl (C=O) groups excluding carboxylic acids is 2. The van der Waals surface area contributed by atoms with E-state index in [2.05, 4.69) is 15.4 Å². The predicted octanol–water partition coefficient (Wildman–Crippen LogP) is 4.12. The van der Waals surface area contributed by atoms with Crippen LogP contribution in [0.1, 0.15) is 28.9 Å². The summed E-state index contributed by atoms with van der Waals surface area (Å²) in [6.45, 7) is 1.24. The van der Waals surface area contributed by atoms with E-state index in [4.69, 9.17) is 23.1 Å². The van der Waals surface area contributed by atoms with Gasteiger partial charge in [-0.3, -0.25) is 9.59 Å². The second-order valence-electron chi connectivity index (χ2n) is 9.26. The van der Waals surface area contributed by atoms with Crippen molar-refractivity contribution < 1.29 is 9.59 Å². The maximum Gasteiger partial charge on any atom is 0.274 e. The first kappa shape index (κ1) is 25.3. The number of nitrogens with two attached hydrogens (primary N) is 2. The number of amides is 2. The number of primary amides is 1. The smallest absolute Gasteiger partial charge is 0.274 e. The van der Waals surface area contributed by atoms with Gasteiger partial charge in [-0.1, -0.05) is 41.9 Å². The molecule has 2 aromatic heterocycles. The number of piperidine rings is 1. The summed E-state index contributed by atoms with van der Waals surface area (Å²) in [5, 5.41) is 8.61. The molecule has 10 heteroatoms. The van der Waals surface area contributed by atoms with Crippen molar-refractivity contribution in [1.29, 1.82) is 0 Å². The number of hydrogen-bond donors (Lipinski definition) is 3. The van der Waals surface area contributed by atoms with Gasteiger partial charge in [0.2, 0.25) is 5.91 Å². The van der Waals surface area contributed by atoms with Gasteiger partial charge in [-0.05, 0) is 54.8 Å². The summed E-state index contributed by atoms with van der Waals surface area (Å²) in [6.07, 6.45) is 1.41. The molecule has 194 valence electrons. The molecule has 4 aromatic rings. The fourth-order valence-electron chi connectivity index (χ4n) is 4.60. The third-order valence-corrected chi connectivity index (χ3v) is 6.98. The molecule has 0 saturated carbocycles. The number of rotatable bonds is 7. The Morgan fingerprint density at radius 3 is 2.63 bits per heavy atom. The van der Waals surface area contributed by atoms with Crippen LogP contribution in [0.5, 0.6) is 0 Å². The van der Waals surface area contributed by atoms with Crippen LogP contribution in [0.4, 0.5) is 11.6 Å². The number of carbonyl (C=O) groups is 2. The molecular formula is C28H28ClN7O2. The number of nitrogen functional groups attached to an aromatic ring is 1. The van der Waals surface area contributed by atoms with E-state index in [1.165, 1.54) is 0 Å². The summed E-state index contributed by atoms with van der Waals surface area (Å²) in [7, 11) is 0. The number of aromatic nitrogens is 3. The molecule has 2 aromatic carbocycles. The molecule has 0 aliphatic carbocycles. The highest BCUT2D eigenvalue weighted by molar-refractivity contribution is 6.31. The highest BCUT2D eigenvalue weighted by Gasteiger charge is 2.29. The van der Waals surface area contributed by atoms with Gasteiger partial charge >= 0.3 is 0 Å². The van der Waals surface area contributed by atoms with Crippen LogP contribution in [0.25, 0.3) is 16.9 Å². The van der Waals surface area contributed by atoms with Crippen LogP contribution in [0.15, 0.2) is 72.8 Å². The van der Waals surface area contributed by atoms with Gasteiger partial charge in [-0.2, -0.15) is 5.10 Å². The number of para-hydroxylation sites is 1. The van der Waals surface area contributed by atoms with Crippen LogP contribution < -0.4 is 16.8 Å². The van der Waals surface area contributed by atoms with Crippen molar-refractivity contribution >= 4 is 35.1 Å². The molecule has 1 saturated heterocycles. The molecular weight excluding hydrogens is 502 g/mol. The second-order valence-corrected chi connectivity index (χ2v) is 9.67. The fraction of sp³-hybridized carbons (Fsp3) is 0.214. The van der Waals surface area contributed by atoms with Crippen molar-refractivity contribution in [2.45, 2.75) is 19.4 Å². The molecule has 1 aliphatic heterocycles. The number of nitrogens with one attached hydrogen (secondary N) is 1. The van der Waals surface area contributed by atoms with E-state index >= 15 is 0 Å². The highest BCUT2D eigenvalue weighted by Crippen LogP contribution is 2.27. The van der Waals surface area contributed by atoms with E-state index in [0.29, 0.717) is 42.7 Å². The summed E-state index contributed by atoms with van der Waals surface area (Å²) >= 11 is 6.53. The van der Waals surface area contributed by atoms with Gasteiger partial charge < -0.3 is 21.7 Å². The topological polar surface area (TPSA) is 132 Å². The van der Waals surface area contributed by atoms with Gasteiger partial charge in [-0.25, -0.2) is 9.67 Å². The Labute approximate surface area is 225 Å². The third-order valence-electron chi connectivity index (χ3n) is 6.61. The maximum atomic E-state index is 13.4. The molecule has 1 aliphatic rings. The minimum absolute atomic E-state index is 0.235. The lowest BCUT2D eigenvalue weighted by Gasteiger charge is -2.30. The van der Waals surface area contributed by atoms with Crippen LogP contribution in [-0.2, 0) is 11.3 Å². The van der Waals surface area contributed by atoms with Gasteiger partial charge in [0, 0.05) is 36.3 Å². The SMILES string of the molecule is NC(=O)[C@H]1CCCN(C(=O)c2cc(NCc3cc(-c4cccc(N)n4)ccc3Cl)n(-c3ccccc3)n2)C1. The average Bonchev–Trinajstić information content (AvgIpc) is 3.37. The summed E-state index contributed by atoms with van der Waals surface area (Å²) in [5.41, 5.74) is 14.9. The van der Waals surface area contributed by atoms with Crippen molar-refractivity contribution in [3.63, 3.8) is 0 Å². The van der Waals surface area contributed by atoms with Gasteiger partial charge in [0.1, 0.15) is 11.6 Å².